The molecule has 2 rings (SSSR count). The van der Waals surface area contributed by atoms with Crippen LogP contribution in [0.4, 0.5) is 0 Å². The van der Waals surface area contributed by atoms with Gasteiger partial charge in [0.15, 0.2) is 11.5 Å². The van der Waals surface area contributed by atoms with Gasteiger partial charge in [-0.1, -0.05) is 24.1 Å². The minimum atomic E-state index is -0.458. The van der Waals surface area contributed by atoms with Crippen molar-refractivity contribution in [3.05, 3.63) is 58.1 Å². The van der Waals surface area contributed by atoms with E-state index in [1.54, 1.807) is 42.5 Å². The topological polar surface area (TPSA) is 89.0 Å². The van der Waals surface area contributed by atoms with Crippen LogP contribution in [0, 0.1) is 12.3 Å². The van der Waals surface area contributed by atoms with Crippen molar-refractivity contribution < 1.29 is 19.1 Å². The van der Waals surface area contributed by atoms with E-state index in [2.05, 4.69) is 37.7 Å². The van der Waals surface area contributed by atoms with Gasteiger partial charge in [0.2, 0.25) is 0 Å². The van der Waals surface area contributed by atoms with Crippen LogP contribution < -0.4 is 20.2 Å². The highest BCUT2D eigenvalue weighted by molar-refractivity contribution is 9.10. The van der Waals surface area contributed by atoms with E-state index < -0.39 is 5.91 Å². The Balaban J connectivity index is 1.91. The number of carbonyl (C=O) groups excluding carboxylic acids is 2. The largest absolute Gasteiger partial charge is 0.493 e. The molecule has 28 heavy (non-hydrogen) atoms. The van der Waals surface area contributed by atoms with Gasteiger partial charge in [-0.3, -0.25) is 9.59 Å². The lowest BCUT2D eigenvalue weighted by atomic mass is 10.2. The quantitative estimate of drug-likeness (QED) is 0.372. The van der Waals surface area contributed by atoms with Gasteiger partial charge in [0.1, 0.15) is 6.61 Å². The predicted molar refractivity (Wildman–Crippen MR) is 110 cm³/mol. The summed E-state index contributed by atoms with van der Waals surface area (Å²) < 4.78 is 11.3. The van der Waals surface area contributed by atoms with Crippen molar-refractivity contribution in [2.24, 2.45) is 5.10 Å². The molecule has 0 fully saturated rings. The summed E-state index contributed by atoms with van der Waals surface area (Å²) in [7, 11) is 1.50. The summed E-state index contributed by atoms with van der Waals surface area (Å²) in [6.07, 6.45) is 6.64. The molecule has 0 aliphatic carbocycles. The van der Waals surface area contributed by atoms with E-state index in [1.165, 1.54) is 13.3 Å². The van der Waals surface area contributed by atoms with Gasteiger partial charge in [0, 0.05) is 5.56 Å². The lowest BCUT2D eigenvalue weighted by Crippen LogP contribution is -2.34. The van der Waals surface area contributed by atoms with Gasteiger partial charge in [-0.05, 0) is 45.8 Å². The number of methoxy groups -OCH3 is 1. The van der Waals surface area contributed by atoms with Crippen LogP contribution in [0.5, 0.6) is 11.5 Å². The summed E-state index contributed by atoms with van der Waals surface area (Å²) in [6, 6.07) is 12.0. The van der Waals surface area contributed by atoms with Crippen LogP contribution >= 0.6 is 15.9 Å². The Bertz CT molecular complexity index is 908. The molecule has 0 heterocycles. The molecule has 2 amide bonds. The predicted octanol–water partition coefficient (Wildman–Crippen LogP) is 2.35. The van der Waals surface area contributed by atoms with Crippen LogP contribution in [0.1, 0.15) is 15.9 Å². The Morgan fingerprint density at radius 2 is 2.04 bits per heavy atom. The van der Waals surface area contributed by atoms with E-state index in [-0.39, 0.29) is 19.1 Å². The number of ether oxygens (including phenoxy) is 2. The molecule has 2 N–H and O–H groups in total. The number of hydrogen-bond donors (Lipinski definition) is 2. The van der Waals surface area contributed by atoms with Gasteiger partial charge in [-0.25, -0.2) is 5.43 Å². The molecule has 0 aliphatic rings. The molecule has 2 aromatic carbocycles. The Kier molecular flexibility index (Phi) is 8.06. The molecule has 8 heteroatoms. The molecule has 2 aromatic rings. The number of hydrogen-bond acceptors (Lipinski definition) is 5. The maximum absolute atomic E-state index is 11.9. The number of hydrazone groups is 1. The molecular formula is C20H18BrN3O4. The molecule has 0 bridgehead atoms. The maximum atomic E-state index is 11.9. The molecule has 0 aliphatic heterocycles. The van der Waals surface area contributed by atoms with Crippen molar-refractivity contribution >= 4 is 34.0 Å². The number of nitrogens with zero attached hydrogens (tertiary/aromatic N) is 1. The Morgan fingerprint density at radius 3 is 2.71 bits per heavy atom. The van der Waals surface area contributed by atoms with Crippen molar-refractivity contribution in [2.75, 3.05) is 20.3 Å². The van der Waals surface area contributed by atoms with Gasteiger partial charge in [0.25, 0.3) is 11.8 Å². The summed E-state index contributed by atoms with van der Waals surface area (Å²) >= 11 is 3.38. The first-order chi connectivity index (χ1) is 13.5. The number of carbonyl (C=O) groups is 2. The third-order valence-corrected chi connectivity index (χ3v) is 3.99. The number of rotatable bonds is 8. The van der Waals surface area contributed by atoms with Gasteiger partial charge in [0.05, 0.1) is 24.3 Å². The molecule has 0 atom stereocenters. The fourth-order valence-electron chi connectivity index (χ4n) is 2.14. The fourth-order valence-corrected chi connectivity index (χ4v) is 2.71. The third-order valence-electron chi connectivity index (χ3n) is 3.40. The summed E-state index contributed by atoms with van der Waals surface area (Å²) in [5.74, 6) is 2.53. The molecule has 0 aromatic heterocycles. The van der Waals surface area contributed by atoms with Crippen LogP contribution in [0.2, 0.25) is 0 Å². The number of nitrogens with one attached hydrogen (secondary N) is 2. The van der Waals surface area contributed by atoms with E-state index in [0.717, 1.165) is 0 Å². The molecule has 0 saturated heterocycles. The van der Waals surface area contributed by atoms with Crippen molar-refractivity contribution in [1.29, 1.82) is 0 Å². The lowest BCUT2D eigenvalue weighted by Gasteiger charge is -2.11. The molecule has 0 spiro atoms. The molecule has 144 valence electrons. The summed E-state index contributed by atoms with van der Waals surface area (Å²) in [6.45, 7) is -0.0932. The van der Waals surface area contributed by atoms with E-state index >= 15 is 0 Å². The minimum Gasteiger partial charge on any atom is -0.493 e. The molecule has 0 saturated carbocycles. The van der Waals surface area contributed by atoms with E-state index in [9.17, 15) is 9.59 Å². The molecule has 7 nitrogen and oxygen atoms in total. The summed E-state index contributed by atoms with van der Waals surface area (Å²) in [4.78, 5) is 23.7. The second kappa shape index (κ2) is 10.7. The lowest BCUT2D eigenvalue weighted by molar-refractivity contribution is -0.120. The summed E-state index contributed by atoms with van der Waals surface area (Å²) in [5.41, 5.74) is 3.48. The Morgan fingerprint density at radius 1 is 1.29 bits per heavy atom. The fraction of sp³-hybridized carbons (Fsp3) is 0.150. The Hall–Kier alpha value is -3.31. The Labute approximate surface area is 171 Å². The average Bonchev–Trinajstić information content (AvgIpc) is 2.71. The van der Waals surface area contributed by atoms with Crippen molar-refractivity contribution in [2.45, 2.75) is 0 Å². The van der Waals surface area contributed by atoms with E-state index in [0.29, 0.717) is 27.1 Å². The number of terminal acetylenes is 1. The van der Waals surface area contributed by atoms with Crippen LogP contribution in [-0.4, -0.2) is 38.3 Å². The smallest absolute Gasteiger partial charge is 0.259 e. The average molecular weight is 444 g/mol. The third kappa shape index (κ3) is 6.14. The first-order valence-corrected chi connectivity index (χ1v) is 8.93. The van der Waals surface area contributed by atoms with Gasteiger partial charge in [-0.15, -0.1) is 6.42 Å². The highest BCUT2D eigenvalue weighted by Gasteiger charge is 2.11. The molecule has 0 unspecified atom stereocenters. The first kappa shape index (κ1) is 21.0. The number of benzene rings is 2. The number of halogens is 1. The molecular weight excluding hydrogens is 426 g/mol. The van der Waals surface area contributed by atoms with Gasteiger partial charge >= 0.3 is 0 Å². The van der Waals surface area contributed by atoms with Crippen molar-refractivity contribution in [3.63, 3.8) is 0 Å². The number of amides is 2. The van der Waals surface area contributed by atoms with Crippen molar-refractivity contribution in [1.82, 2.24) is 10.7 Å². The molecule has 0 radical (unpaired) electrons. The second-order valence-corrected chi connectivity index (χ2v) is 6.22. The van der Waals surface area contributed by atoms with Crippen molar-refractivity contribution in [3.8, 4) is 23.8 Å². The van der Waals surface area contributed by atoms with Gasteiger partial charge in [-0.2, -0.15) is 5.10 Å². The zero-order valence-electron chi connectivity index (χ0n) is 15.1. The monoisotopic (exact) mass is 443 g/mol. The van der Waals surface area contributed by atoms with E-state index in [4.69, 9.17) is 15.9 Å². The minimum absolute atomic E-state index is 0.104. The van der Waals surface area contributed by atoms with Crippen LogP contribution in [0.15, 0.2) is 52.0 Å². The van der Waals surface area contributed by atoms with Gasteiger partial charge < -0.3 is 14.8 Å². The normalized spacial score (nSPS) is 10.2. The second-order valence-electron chi connectivity index (χ2n) is 5.37. The van der Waals surface area contributed by atoms with Crippen LogP contribution in [0.25, 0.3) is 0 Å². The zero-order valence-corrected chi connectivity index (χ0v) is 16.7. The zero-order chi connectivity index (χ0) is 20.4. The first-order valence-electron chi connectivity index (χ1n) is 8.14. The summed E-state index contributed by atoms with van der Waals surface area (Å²) in [5, 5.41) is 6.39. The maximum Gasteiger partial charge on any atom is 0.259 e. The highest BCUT2D eigenvalue weighted by atomic mass is 79.9. The van der Waals surface area contributed by atoms with Crippen LogP contribution in [-0.2, 0) is 4.79 Å². The van der Waals surface area contributed by atoms with Crippen LogP contribution in [0.3, 0.4) is 0 Å². The van der Waals surface area contributed by atoms with E-state index in [1.807, 2.05) is 0 Å². The highest BCUT2D eigenvalue weighted by Crippen LogP contribution is 2.36. The SMILES string of the molecule is C#CCOc1c(Br)cc(/C=N\NC(=O)CNC(=O)c2ccccc2)cc1OC. The standard InChI is InChI=1S/C20H18BrN3O4/c1-3-9-28-19-16(21)10-14(11-17(19)27-2)12-23-24-18(25)13-22-20(26)15-7-5-4-6-8-15/h1,4-8,10-12H,9,13H2,2H3,(H,22,26)(H,24,25)/b23-12-.